The minimum Gasteiger partial charge on any atom is -0.493 e. The van der Waals surface area contributed by atoms with E-state index in [-0.39, 0.29) is 18.3 Å². The molecule has 0 saturated carbocycles. The molecule has 0 bridgehead atoms. The number of rotatable bonds is 5. The number of nitrogens with zero attached hydrogens (tertiary/aromatic N) is 2. The van der Waals surface area contributed by atoms with Crippen LogP contribution in [0.2, 0.25) is 5.02 Å². The van der Waals surface area contributed by atoms with E-state index in [2.05, 4.69) is 9.28 Å². The lowest BCUT2D eigenvalue weighted by Gasteiger charge is -2.28. The first-order valence-electron chi connectivity index (χ1n) is 11.0. The van der Waals surface area contributed by atoms with Crippen molar-refractivity contribution in [1.29, 1.82) is 0 Å². The average Bonchev–Trinajstić information content (AvgIpc) is 3.33. The quantitative estimate of drug-likeness (QED) is 0.125. The first-order chi connectivity index (χ1) is 18.0. The van der Waals surface area contributed by atoms with Gasteiger partial charge in [-0.2, -0.15) is 22.3 Å². The Morgan fingerprint density at radius 3 is 2.26 bits per heavy atom. The molecule has 1 aromatic heterocycles. The number of fused-ring (bicyclic) bond motifs is 1. The van der Waals surface area contributed by atoms with Crippen LogP contribution in [0.5, 0.6) is 11.5 Å². The van der Waals surface area contributed by atoms with Crippen LogP contribution in [0.25, 0.3) is 11.3 Å². The van der Waals surface area contributed by atoms with Crippen molar-refractivity contribution < 1.29 is 39.3 Å². The van der Waals surface area contributed by atoms with Gasteiger partial charge < -0.3 is 8.92 Å². The smallest absolute Gasteiger partial charge is 0.339 e. The van der Waals surface area contributed by atoms with Crippen LogP contribution in [0.15, 0.2) is 53.6 Å². The van der Waals surface area contributed by atoms with E-state index in [9.17, 15) is 30.4 Å². The second-order valence-corrected chi connectivity index (χ2v) is 10.4. The van der Waals surface area contributed by atoms with E-state index >= 15 is 0 Å². The Bertz CT molecular complexity index is 1660. The second-order valence-electron chi connectivity index (χ2n) is 8.40. The number of hydrogen-bond acceptors (Lipinski definition) is 5. The number of aryl methyl sites for hydroxylation is 1. The van der Waals surface area contributed by atoms with E-state index in [0.29, 0.717) is 17.0 Å². The largest absolute Gasteiger partial charge is 0.493 e. The van der Waals surface area contributed by atoms with Gasteiger partial charge in [0, 0.05) is 41.4 Å². The molecule has 13 heteroatoms. The van der Waals surface area contributed by atoms with Gasteiger partial charge in [-0.25, -0.2) is 13.2 Å². The maximum absolute atomic E-state index is 14.0. The van der Waals surface area contributed by atoms with E-state index in [1.165, 1.54) is 6.07 Å². The van der Waals surface area contributed by atoms with Gasteiger partial charge in [-0.05, 0) is 36.2 Å². The first kappa shape index (κ1) is 26.0. The molecule has 0 saturated heterocycles. The van der Waals surface area contributed by atoms with E-state index in [1.807, 2.05) is 12.1 Å². The van der Waals surface area contributed by atoms with Gasteiger partial charge in [0.05, 0.1) is 12.3 Å². The predicted molar refractivity (Wildman–Crippen MR) is 126 cm³/mol. The van der Waals surface area contributed by atoms with Gasteiger partial charge in [0.1, 0.15) is 10.6 Å². The molecule has 0 spiro atoms. The van der Waals surface area contributed by atoms with Crippen LogP contribution in [0.4, 0.5) is 22.0 Å². The van der Waals surface area contributed by atoms with Crippen LogP contribution in [-0.4, -0.2) is 24.8 Å². The molecule has 0 radical (unpaired) electrons. The summed E-state index contributed by atoms with van der Waals surface area (Å²) in [5, 5.41) is 4.71. The van der Waals surface area contributed by atoms with Gasteiger partial charge >= 0.3 is 10.1 Å². The summed E-state index contributed by atoms with van der Waals surface area (Å²) >= 11 is 6.26. The Morgan fingerprint density at radius 1 is 0.947 bits per heavy atom. The van der Waals surface area contributed by atoms with Crippen molar-refractivity contribution in [3.05, 3.63) is 93.9 Å². The zero-order valence-electron chi connectivity index (χ0n) is 19.3. The number of aromatic nitrogens is 2. The fourth-order valence-electron chi connectivity index (χ4n) is 4.36. The fraction of sp³-hybridized carbons (Fsp3) is 0.160. The Kier molecular flexibility index (Phi) is 6.56. The number of halogens is 6. The molecule has 1 atom stereocenters. The SMILES string of the molecule is Cn1nccc1-c1cc(Cl)ccc1C1CCOc2cc(S(=O)(=O)Oc3c(F)c(F)c(F)c(F)c3F)ccc21. The monoisotopic (exact) mass is 570 g/mol. The van der Waals surface area contributed by atoms with Gasteiger partial charge in [0.15, 0.2) is 0 Å². The van der Waals surface area contributed by atoms with Gasteiger partial charge in [0.2, 0.25) is 34.8 Å². The Labute approximate surface area is 218 Å². The van der Waals surface area contributed by atoms with Crippen LogP contribution in [-0.2, 0) is 17.2 Å². The summed E-state index contributed by atoms with van der Waals surface area (Å²) in [5.74, 6) is -14.0. The molecule has 1 aliphatic heterocycles. The lowest BCUT2D eigenvalue weighted by Crippen LogP contribution is -2.18. The molecule has 1 unspecified atom stereocenters. The minimum atomic E-state index is -5.02. The van der Waals surface area contributed by atoms with Crippen molar-refractivity contribution in [2.24, 2.45) is 7.05 Å². The fourth-order valence-corrected chi connectivity index (χ4v) is 5.48. The lowest BCUT2D eigenvalue weighted by molar-refractivity contribution is 0.276. The molecule has 6 nitrogen and oxygen atoms in total. The maximum atomic E-state index is 14.0. The molecule has 198 valence electrons. The lowest BCUT2D eigenvalue weighted by atomic mass is 9.83. The van der Waals surface area contributed by atoms with E-state index in [1.54, 1.807) is 30.1 Å². The third-order valence-corrected chi connectivity index (χ3v) is 7.62. The van der Waals surface area contributed by atoms with Gasteiger partial charge in [-0.3, -0.25) is 4.68 Å². The van der Waals surface area contributed by atoms with Crippen molar-refractivity contribution in [2.75, 3.05) is 6.61 Å². The minimum absolute atomic E-state index is 0.147. The summed E-state index contributed by atoms with van der Waals surface area (Å²) in [6, 6.07) is 10.8. The first-order valence-corrected chi connectivity index (χ1v) is 12.8. The van der Waals surface area contributed by atoms with Crippen molar-refractivity contribution >= 4 is 21.7 Å². The van der Waals surface area contributed by atoms with Gasteiger partial charge in [-0.15, -0.1) is 0 Å². The van der Waals surface area contributed by atoms with Gasteiger partial charge in [0.25, 0.3) is 0 Å². The predicted octanol–water partition coefficient (Wildman–Crippen LogP) is 6.12. The molecule has 38 heavy (non-hydrogen) atoms. The highest BCUT2D eigenvalue weighted by Crippen LogP contribution is 2.43. The zero-order valence-corrected chi connectivity index (χ0v) is 20.9. The molecule has 0 N–H and O–H groups in total. The van der Waals surface area contributed by atoms with Crippen LogP contribution in [0.3, 0.4) is 0 Å². The van der Waals surface area contributed by atoms with Crippen molar-refractivity contribution in [1.82, 2.24) is 9.78 Å². The third kappa shape index (κ3) is 4.37. The molecule has 5 rings (SSSR count). The van der Waals surface area contributed by atoms with E-state index in [4.69, 9.17) is 16.3 Å². The molecule has 0 fully saturated rings. The van der Waals surface area contributed by atoms with E-state index < -0.39 is 49.8 Å². The zero-order chi connectivity index (χ0) is 27.4. The molecule has 2 heterocycles. The van der Waals surface area contributed by atoms with Crippen molar-refractivity contribution in [3.8, 4) is 22.8 Å². The second kappa shape index (κ2) is 9.59. The summed E-state index contributed by atoms with van der Waals surface area (Å²) in [6.07, 6.45) is 2.17. The topological polar surface area (TPSA) is 70.4 Å². The highest BCUT2D eigenvalue weighted by atomic mass is 35.5. The Morgan fingerprint density at radius 2 is 1.61 bits per heavy atom. The summed E-state index contributed by atoms with van der Waals surface area (Å²) in [4.78, 5) is -0.608. The van der Waals surface area contributed by atoms with Crippen LogP contribution >= 0.6 is 11.6 Å². The molecule has 3 aromatic carbocycles. The van der Waals surface area contributed by atoms with Crippen LogP contribution in [0, 0.1) is 29.1 Å². The van der Waals surface area contributed by atoms with Crippen LogP contribution < -0.4 is 8.92 Å². The molecular formula is C25H16ClF5N2O4S. The summed E-state index contributed by atoms with van der Waals surface area (Å²) in [6.45, 7) is 0.202. The summed E-state index contributed by atoms with van der Waals surface area (Å²) in [5.41, 5.74) is 3.08. The maximum Gasteiger partial charge on any atom is 0.339 e. The molecule has 4 aromatic rings. The Balaban J connectivity index is 1.54. The third-order valence-electron chi connectivity index (χ3n) is 6.16. The normalized spacial score (nSPS) is 15.2. The number of hydrogen-bond donors (Lipinski definition) is 0. The van der Waals surface area contributed by atoms with Gasteiger partial charge in [-0.1, -0.05) is 23.7 Å². The summed E-state index contributed by atoms with van der Waals surface area (Å²) < 4.78 is 106. The average molecular weight is 571 g/mol. The number of ether oxygens (including phenoxy) is 1. The standard InChI is InChI=1S/C25H16ClF5N2O4S/c1-33-18(6-8-32-33)17-10-12(26)2-4-14(17)15-7-9-36-19-11-13(3-5-16(15)19)38(34,35)37-25-23(30)21(28)20(27)22(29)24(25)31/h2-6,8,10-11,15H,7,9H2,1H3. The highest BCUT2D eigenvalue weighted by molar-refractivity contribution is 7.87. The molecule has 1 aliphatic rings. The Hall–Kier alpha value is -3.64. The van der Waals surface area contributed by atoms with Crippen LogP contribution in [0.1, 0.15) is 23.5 Å². The van der Waals surface area contributed by atoms with Crippen molar-refractivity contribution in [3.63, 3.8) is 0 Å². The molecular weight excluding hydrogens is 555 g/mol. The molecule has 0 amide bonds. The van der Waals surface area contributed by atoms with Crippen molar-refractivity contribution in [2.45, 2.75) is 17.2 Å². The number of benzene rings is 3. The highest BCUT2D eigenvalue weighted by Gasteiger charge is 2.33. The summed E-state index contributed by atoms with van der Waals surface area (Å²) in [7, 11) is -3.24. The van der Waals surface area contributed by atoms with E-state index in [0.717, 1.165) is 29.0 Å². The molecule has 0 aliphatic carbocycles.